The summed E-state index contributed by atoms with van der Waals surface area (Å²) >= 11 is 0. The van der Waals surface area contributed by atoms with Crippen LogP contribution in [-0.4, -0.2) is 43.1 Å². The second kappa shape index (κ2) is 8.29. The molecule has 0 spiro atoms. The second-order valence-corrected chi connectivity index (χ2v) is 10.0. The highest BCUT2D eigenvalue weighted by Crippen LogP contribution is 2.60. The Morgan fingerprint density at radius 1 is 0.893 bits per heavy atom. The number of ether oxygens (including phenoxy) is 1. The largest absolute Gasteiger partial charge is 0.444 e. The predicted octanol–water partition coefficient (Wildman–Crippen LogP) is 2.35. The number of rotatable bonds is 7. The van der Waals surface area contributed by atoms with Gasteiger partial charge in [0.25, 0.3) is 0 Å². The maximum absolute atomic E-state index is 12.8. The van der Waals surface area contributed by atoms with Crippen LogP contribution in [0.3, 0.4) is 0 Å². The van der Waals surface area contributed by atoms with Crippen molar-refractivity contribution in [2.45, 2.75) is 71.3 Å². The normalized spacial score (nSPS) is 30.6. The van der Waals surface area contributed by atoms with E-state index in [-0.39, 0.29) is 23.8 Å². The lowest BCUT2D eigenvalue weighted by Gasteiger charge is -2.55. The summed E-state index contributed by atoms with van der Waals surface area (Å²) in [7, 11) is 0. The minimum absolute atomic E-state index is 0.116. The Morgan fingerprint density at radius 3 is 1.96 bits per heavy atom. The van der Waals surface area contributed by atoms with Crippen LogP contribution >= 0.6 is 0 Å². The van der Waals surface area contributed by atoms with Gasteiger partial charge in [-0.3, -0.25) is 9.59 Å². The molecule has 4 bridgehead atoms. The molecule has 4 aliphatic carbocycles. The van der Waals surface area contributed by atoms with Crippen LogP contribution in [0.4, 0.5) is 4.79 Å². The van der Waals surface area contributed by atoms with E-state index in [2.05, 4.69) is 16.0 Å². The van der Waals surface area contributed by atoms with E-state index in [9.17, 15) is 14.4 Å². The SMILES string of the molecule is CC(C)(C)OC(=O)NCC(=O)NCCCNC(=O)C12CC3CC(CC(C3)C1)C2. The molecule has 0 heterocycles. The van der Waals surface area contributed by atoms with E-state index in [1.165, 1.54) is 19.3 Å². The zero-order valence-corrected chi connectivity index (χ0v) is 17.4. The van der Waals surface area contributed by atoms with Gasteiger partial charge in [0.05, 0.1) is 6.54 Å². The van der Waals surface area contributed by atoms with Gasteiger partial charge in [-0.25, -0.2) is 4.79 Å². The number of nitrogens with one attached hydrogen (secondary N) is 3. The number of hydrogen-bond donors (Lipinski definition) is 3. The van der Waals surface area contributed by atoms with Crippen molar-refractivity contribution >= 4 is 17.9 Å². The van der Waals surface area contributed by atoms with E-state index >= 15 is 0 Å². The van der Waals surface area contributed by atoms with Crippen molar-refractivity contribution in [3.8, 4) is 0 Å². The Morgan fingerprint density at radius 2 is 1.43 bits per heavy atom. The maximum atomic E-state index is 12.8. The van der Waals surface area contributed by atoms with Crippen molar-refractivity contribution in [2.24, 2.45) is 23.2 Å². The first-order valence-corrected chi connectivity index (χ1v) is 10.7. The standard InChI is InChI=1S/C21H35N3O4/c1-20(2,3)28-19(27)24-13-17(25)22-5-4-6-23-18(26)21-10-14-7-15(11-21)9-16(8-14)12-21/h14-16H,4-13H2,1-3H3,(H,22,25)(H,23,26)(H,24,27). The summed E-state index contributed by atoms with van der Waals surface area (Å²) in [5.74, 6) is 2.24. The average molecular weight is 394 g/mol. The smallest absolute Gasteiger partial charge is 0.408 e. The third kappa shape index (κ3) is 5.39. The first kappa shape index (κ1) is 20.9. The lowest BCUT2D eigenvalue weighted by atomic mass is 9.49. The Hall–Kier alpha value is -1.79. The van der Waals surface area contributed by atoms with Crippen LogP contribution in [0.2, 0.25) is 0 Å². The molecule has 0 radical (unpaired) electrons. The Balaban J connectivity index is 1.28. The first-order valence-electron chi connectivity index (χ1n) is 10.7. The quantitative estimate of drug-likeness (QED) is 0.579. The van der Waals surface area contributed by atoms with Crippen molar-refractivity contribution < 1.29 is 19.1 Å². The summed E-state index contributed by atoms with van der Waals surface area (Å²) in [6, 6.07) is 0. The zero-order valence-electron chi connectivity index (χ0n) is 17.4. The molecular weight excluding hydrogens is 358 g/mol. The molecule has 0 saturated heterocycles. The monoisotopic (exact) mass is 393 g/mol. The van der Waals surface area contributed by atoms with Crippen LogP contribution in [-0.2, 0) is 14.3 Å². The fourth-order valence-electron chi connectivity index (χ4n) is 5.62. The van der Waals surface area contributed by atoms with Crippen molar-refractivity contribution in [2.75, 3.05) is 19.6 Å². The Labute approximate surface area is 167 Å². The summed E-state index contributed by atoms with van der Waals surface area (Å²) in [6.45, 7) is 6.23. The second-order valence-electron chi connectivity index (χ2n) is 10.0. The molecule has 0 atom stereocenters. The molecule has 28 heavy (non-hydrogen) atoms. The molecule has 4 fully saturated rings. The van der Waals surface area contributed by atoms with Crippen molar-refractivity contribution in [1.29, 1.82) is 0 Å². The van der Waals surface area contributed by atoms with Crippen LogP contribution in [0.1, 0.15) is 65.7 Å². The number of carbonyl (C=O) groups is 3. The van der Waals surface area contributed by atoms with Gasteiger partial charge in [0.1, 0.15) is 5.60 Å². The molecule has 158 valence electrons. The van der Waals surface area contributed by atoms with E-state index in [0.717, 1.165) is 37.0 Å². The number of alkyl carbamates (subject to hydrolysis) is 1. The van der Waals surface area contributed by atoms with Crippen molar-refractivity contribution in [3.63, 3.8) is 0 Å². The van der Waals surface area contributed by atoms with Gasteiger partial charge in [0, 0.05) is 18.5 Å². The number of carbonyl (C=O) groups excluding carboxylic acids is 3. The summed E-state index contributed by atoms with van der Waals surface area (Å²) in [5.41, 5.74) is -0.704. The van der Waals surface area contributed by atoms with E-state index < -0.39 is 11.7 Å². The third-order valence-corrected chi connectivity index (χ3v) is 6.27. The van der Waals surface area contributed by atoms with E-state index in [0.29, 0.717) is 19.5 Å². The minimum atomic E-state index is -0.606. The summed E-state index contributed by atoms with van der Waals surface area (Å²) < 4.78 is 5.08. The van der Waals surface area contributed by atoms with E-state index in [1.807, 2.05) is 0 Å². The molecule has 4 saturated carbocycles. The van der Waals surface area contributed by atoms with Gasteiger partial charge in [-0.05, 0) is 83.5 Å². The number of hydrogen-bond acceptors (Lipinski definition) is 4. The molecule has 3 N–H and O–H groups in total. The molecule has 0 aromatic heterocycles. The van der Waals surface area contributed by atoms with Crippen LogP contribution in [0.5, 0.6) is 0 Å². The van der Waals surface area contributed by atoms with Gasteiger partial charge in [-0.15, -0.1) is 0 Å². The molecule has 7 nitrogen and oxygen atoms in total. The van der Waals surface area contributed by atoms with Crippen LogP contribution in [0.15, 0.2) is 0 Å². The molecule has 0 aromatic rings. The van der Waals surface area contributed by atoms with Gasteiger partial charge < -0.3 is 20.7 Å². The van der Waals surface area contributed by atoms with Crippen LogP contribution < -0.4 is 16.0 Å². The fraction of sp³-hybridized carbons (Fsp3) is 0.857. The topological polar surface area (TPSA) is 96.5 Å². The van der Waals surface area contributed by atoms with Crippen LogP contribution in [0, 0.1) is 23.2 Å². The van der Waals surface area contributed by atoms with Crippen molar-refractivity contribution in [1.82, 2.24) is 16.0 Å². The predicted molar refractivity (Wildman–Crippen MR) is 105 cm³/mol. The fourth-order valence-corrected chi connectivity index (χ4v) is 5.62. The molecule has 4 rings (SSSR count). The molecule has 7 heteroatoms. The lowest BCUT2D eigenvalue weighted by molar-refractivity contribution is -0.146. The molecule has 0 aromatic carbocycles. The van der Waals surface area contributed by atoms with Gasteiger partial charge in [-0.1, -0.05) is 0 Å². The first-order chi connectivity index (χ1) is 13.2. The summed E-state index contributed by atoms with van der Waals surface area (Å²) in [5, 5.41) is 8.29. The number of amides is 3. The summed E-state index contributed by atoms with van der Waals surface area (Å²) in [4.78, 5) is 36.1. The average Bonchev–Trinajstić information content (AvgIpc) is 2.57. The van der Waals surface area contributed by atoms with Gasteiger partial charge in [0.2, 0.25) is 11.8 Å². The van der Waals surface area contributed by atoms with E-state index in [4.69, 9.17) is 4.74 Å². The van der Waals surface area contributed by atoms with Crippen LogP contribution in [0.25, 0.3) is 0 Å². The zero-order chi connectivity index (χ0) is 20.4. The molecule has 0 unspecified atom stereocenters. The molecule has 0 aliphatic heterocycles. The molecule has 3 amide bonds. The molecular formula is C21H35N3O4. The Bertz CT molecular complexity index is 576. The molecule has 4 aliphatic rings. The Kier molecular flexibility index (Phi) is 6.20. The van der Waals surface area contributed by atoms with Crippen molar-refractivity contribution in [3.05, 3.63) is 0 Å². The summed E-state index contributed by atoms with van der Waals surface area (Å²) in [6.07, 6.45) is 7.26. The van der Waals surface area contributed by atoms with E-state index in [1.54, 1.807) is 20.8 Å². The minimum Gasteiger partial charge on any atom is -0.444 e. The van der Waals surface area contributed by atoms with Gasteiger partial charge in [-0.2, -0.15) is 0 Å². The third-order valence-electron chi connectivity index (χ3n) is 6.27. The van der Waals surface area contributed by atoms with Gasteiger partial charge >= 0.3 is 6.09 Å². The highest BCUT2D eigenvalue weighted by molar-refractivity contribution is 5.83. The highest BCUT2D eigenvalue weighted by atomic mass is 16.6. The van der Waals surface area contributed by atoms with Gasteiger partial charge in [0.15, 0.2) is 0 Å². The highest BCUT2D eigenvalue weighted by Gasteiger charge is 2.54. The lowest BCUT2D eigenvalue weighted by Crippen LogP contribution is -2.53. The maximum Gasteiger partial charge on any atom is 0.408 e.